The molecule has 0 bridgehead atoms. The minimum atomic E-state index is -2.14. The summed E-state index contributed by atoms with van der Waals surface area (Å²) in [5.41, 5.74) is 0.827. The monoisotopic (exact) mass is 1350 g/mol. The van der Waals surface area contributed by atoms with Crippen molar-refractivity contribution >= 4 is 71.5 Å². The maximum Gasteiger partial charge on any atom is 0.303 e. The summed E-state index contributed by atoms with van der Waals surface area (Å²) in [4.78, 5) is 159. The minimum Gasteiger partial charge on any atom is -0.494 e. The number of esters is 10. The summed E-state index contributed by atoms with van der Waals surface area (Å²) in [6, 6.07) is 8.71. The van der Waals surface area contributed by atoms with Crippen molar-refractivity contribution in [1.82, 2.24) is 25.9 Å². The molecule has 3 aliphatic rings. The summed E-state index contributed by atoms with van der Waals surface area (Å²) < 4.78 is 104. The fourth-order valence-corrected chi connectivity index (χ4v) is 10.1. The molecule has 6 rings (SSSR count). The molecule has 35 nitrogen and oxygen atoms in total. The number of amides is 2. The molecule has 3 saturated heterocycles. The van der Waals surface area contributed by atoms with Gasteiger partial charge in [0.1, 0.15) is 61.9 Å². The van der Waals surface area contributed by atoms with E-state index in [1.54, 1.807) is 19.1 Å². The second-order valence-electron chi connectivity index (χ2n) is 21.7. The molecule has 3 aliphatic heterocycles. The third-order valence-electron chi connectivity index (χ3n) is 13.8. The molecule has 5 heterocycles. The number of unbranched alkanes of at least 4 members (excludes halogenated alkanes) is 2. The molecular formula is C60H77N5O30. The Labute approximate surface area is 542 Å². The van der Waals surface area contributed by atoms with Crippen molar-refractivity contribution in [3.8, 4) is 17.1 Å². The van der Waals surface area contributed by atoms with Gasteiger partial charge in [0, 0.05) is 107 Å². The van der Waals surface area contributed by atoms with Crippen LogP contribution in [0.5, 0.6) is 5.75 Å². The number of rotatable bonds is 31. The molecule has 3 fully saturated rings. The first-order valence-electron chi connectivity index (χ1n) is 30.0. The molecule has 35 heteroatoms. The third-order valence-corrected chi connectivity index (χ3v) is 13.8. The number of carbonyl (C=O) groups excluding carboxylic acids is 12. The van der Waals surface area contributed by atoms with Crippen LogP contribution in [0.2, 0.25) is 0 Å². The van der Waals surface area contributed by atoms with Gasteiger partial charge in [-0.05, 0) is 43.5 Å². The molecule has 0 radical (unpaired) electrons. The Kier molecular flexibility index (Phi) is 28.3. The molecule has 0 saturated carbocycles. The summed E-state index contributed by atoms with van der Waals surface area (Å²) in [5, 5.41) is 13.2. The summed E-state index contributed by atoms with van der Waals surface area (Å²) >= 11 is 0. The van der Waals surface area contributed by atoms with Crippen molar-refractivity contribution < 1.29 is 142 Å². The summed E-state index contributed by atoms with van der Waals surface area (Å²) in [6.45, 7) is 9.71. The van der Waals surface area contributed by atoms with Crippen LogP contribution < -0.4 is 15.4 Å². The largest absolute Gasteiger partial charge is 0.494 e. The van der Waals surface area contributed by atoms with Gasteiger partial charge in [0.25, 0.3) is 5.91 Å². The van der Waals surface area contributed by atoms with Crippen molar-refractivity contribution in [2.45, 2.75) is 207 Å². The van der Waals surface area contributed by atoms with Gasteiger partial charge in [0.15, 0.2) is 67.2 Å². The van der Waals surface area contributed by atoms with Crippen LogP contribution in [0, 0.1) is 6.92 Å². The van der Waals surface area contributed by atoms with Gasteiger partial charge < -0.3 is 95.5 Å². The van der Waals surface area contributed by atoms with Crippen LogP contribution in [0.4, 0.5) is 0 Å². The highest BCUT2D eigenvalue weighted by Gasteiger charge is 2.60. The average Bonchev–Trinajstić information content (AvgIpc) is 1.27. The Bertz CT molecular complexity index is 3170. The molecule has 15 atom stereocenters. The number of carbonyl (C=O) groups is 12. The van der Waals surface area contributed by atoms with E-state index in [1.165, 1.54) is 6.07 Å². The maximum absolute atomic E-state index is 13.8. The Morgan fingerprint density at radius 3 is 1.44 bits per heavy atom. The van der Waals surface area contributed by atoms with Crippen LogP contribution in [0.3, 0.4) is 0 Å². The van der Waals surface area contributed by atoms with E-state index in [2.05, 4.69) is 25.9 Å². The third kappa shape index (κ3) is 23.4. The molecule has 0 unspecified atom stereocenters. The first kappa shape index (κ1) is 74.8. The van der Waals surface area contributed by atoms with Crippen LogP contribution in [0.1, 0.15) is 123 Å². The lowest BCUT2D eigenvalue weighted by molar-refractivity contribution is -0.375. The average molecular weight is 1350 g/mol. The van der Waals surface area contributed by atoms with Gasteiger partial charge in [-0.25, -0.2) is 0 Å². The predicted octanol–water partition coefficient (Wildman–Crippen LogP) is 1.61. The fraction of sp³-hybridized carbons (Fsp3) is 0.617. The molecule has 2 aromatic heterocycles. The van der Waals surface area contributed by atoms with Gasteiger partial charge in [-0.1, -0.05) is 16.7 Å². The number of ether oxygens (including phenoxy) is 16. The van der Waals surface area contributed by atoms with Gasteiger partial charge in [-0.15, -0.1) is 0 Å². The van der Waals surface area contributed by atoms with Crippen LogP contribution in [-0.4, -0.2) is 212 Å². The lowest BCUT2D eigenvalue weighted by Crippen LogP contribution is -2.70. The molecule has 2 amide bonds. The van der Waals surface area contributed by atoms with Crippen LogP contribution in [0.25, 0.3) is 11.4 Å². The predicted molar refractivity (Wildman–Crippen MR) is 308 cm³/mol. The first-order chi connectivity index (χ1) is 45.0. The fourth-order valence-electron chi connectivity index (χ4n) is 10.1. The Morgan fingerprint density at radius 2 is 0.937 bits per heavy atom. The molecule has 2 N–H and O–H groups in total. The van der Waals surface area contributed by atoms with E-state index >= 15 is 0 Å². The van der Waals surface area contributed by atoms with Gasteiger partial charge in [-0.3, -0.25) is 57.5 Å². The molecule has 0 aliphatic carbocycles. The Balaban J connectivity index is 1.20. The molecular weight excluding hydrogens is 1270 g/mol. The highest BCUT2D eigenvalue weighted by atomic mass is 16.8. The molecule has 1 aromatic carbocycles. The quantitative estimate of drug-likeness (QED) is 0.0525. The van der Waals surface area contributed by atoms with E-state index in [0.29, 0.717) is 55.5 Å². The van der Waals surface area contributed by atoms with E-state index < -0.39 is 183 Å². The van der Waals surface area contributed by atoms with Gasteiger partial charge in [0.05, 0.1) is 6.61 Å². The van der Waals surface area contributed by atoms with E-state index in [9.17, 15) is 57.5 Å². The molecule has 522 valence electrons. The molecule has 95 heavy (non-hydrogen) atoms. The number of nitrogens with one attached hydrogen (secondary N) is 2. The summed E-state index contributed by atoms with van der Waals surface area (Å²) in [5.74, 6) is -9.09. The Morgan fingerprint density at radius 1 is 0.474 bits per heavy atom. The van der Waals surface area contributed by atoms with E-state index in [4.69, 9.17) is 84.8 Å². The maximum atomic E-state index is 13.8. The SMILES string of the molecule is CC(=O)OC[C@H]1O[C@@H](O[C@H]2[C@@H](OC(C)=O)[C@@H](COC(C)=O)O[C@@H](O[C@H]3[C@H](OC(C)=O)[C@@H](OC(C)=O)[C@H](NC(=O)CCCCCNC(=O)c4cc(CCCOc5ccc(-c6noc(C)n6)cc5)on4)O[C@@H]3COC(C)=O)[C@@H]2OC(C)=O)[C@H](OC(C)=O)[C@@H](OC(C)=O)[C@H]1OC(C)=O. The van der Waals surface area contributed by atoms with E-state index in [1.807, 2.05) is 12.1 Å². The minimum absolute atomic E-state index is 0.0579. The van der Waals surface area contributed by atoms with Gasteiger partial charge >= 0.3 is 59.7 Å². The van der Waals surface area contributed by atoms with Crippen LogP contribution in [-0.2, 0) is 130 Å². The lowest BCUT2D eigenvalue weighted by Gasteiger charge is -2.50. The zero-order valence-corrected chi connectivity index (χ0v) is 53.9. The van der Waals surface area contributed by atoms with E-state index in [0.717, 1.165) is 74.8 Å². The number of hydrogen-bond donors (Lipinski definition) is 2. The van der Waals surface area contributed by atoms with Crippen LogP contribution >= 0.6 is 0 Å². The summed E-state index contributed by atoms with van der Waals surface area (Å²) in [6.07, 6.45) is -26.2. The first-order valence-corrected chi connectivity index (χ1v) is 30.0. The standard InChI is InChI=1S/C60H77N5O30/c1-28-62-56(65-94-28)39-18-20-40(21-19-39)78-23-15-16-41-24-42(64-95-41)57(77)61-22-14-12-13-17-46(76)63-58-53(86-36(9)73)50(84-34(7)71)49(43(89-58)25-79-29(2)66)92-59-55(88-38(11)75)52(48(83-33(6)70)45(90-59)27-81-31(4)68)93-60-54(87-37(10)74)51(85-35(8)72)47(82-32(5)69)44(91-60)26-80-30(3)67/h18-21,24,43-45,47-55,58-60H,12-17,22-23,25-27H2,1-11H3,(H,61,77)(H,63,76)/t43-,44-,45-,47+,48+,49-,50+,51+,52+,53-,54-,55-,58-,59+,60+/m1/s1. The van der Waals surface area contributed by atoms with Gasteiger partial charge in [0.2, 0.25) is 17.6 Å². The van der Waals surface area contributed by atoms with E-state index in [-0.39, 0.29) is 25.1 Å². The number of hydrogen-bond acceptors (Lipinski definition) is 33. The Hall–Kier alpha value is -9.19. The number of aromatic nitrogens is 3. The molecule has 0 spiro atoms. The molecule has 3 aromatic rings. The zero-order valence-electron chi connectivity index (χ0n) is 53.9. The summed E-state index contributed by atoms with van der Waals surface area (Å²) in [7, 11) is 0. The normalized spacial score (nSPS) is 25.4. The highest BCUT2D eigenvalue weighted by Crippen LogP contribution is 2.38. The number of aryl methyl sites for hydroxylation is 2. The zero-order chi connectivity index (χ0) is 69.6. The second-order valence-corrected chi connectivity index (χ2v) is 21.7. The smallest absolute Gasteiger partial charge is 0.303 e. The van der Waals surface area contributed by atoms with Crippen molar-refractivity contribution in [2.75, 3.05) is 33.0 Å². The lowest BCUT2D eigenvalue weighted by atomic mass is 9.94. The second kappa shape index (κ2) is 35.9. The highest BCUT2D eigenvalue weighted by molar-refractivity contribution is 5.92. The topological polar surface area (TPSA) is 442 Å². The van der Waals surface area contributed by atoms with Crippen molar-refractivity contribution in [3.63, 3.8) is 0 Å². The number of nitrogens with zero attached hydrogens (tertiary/aromatic N) is 3. The van der Waals surface area contributed by atoms with Crippen molar-refractivity contribution in [3.05, 3.63) is 47.7 Å². The van der Waals surface area contributed by atoms with Crippen LogP contribution in [0.15, 0.2) is 39.4 Å². The van der Waals surface area contributed by atoms with Crippen molar-refractivity contribution in [2.24, 2.45) is 0 Å². The van der Waals surface area contributed by atoms with Crippen molar-refractivity contribution in [1.29, 1.82) is 0 Å². The van der Waals surface area contributed by atoms with Gasteiger partial charge in [-0.2, -0.15) is 4.98 Å². The number of benzene rings is 1.